The third-order valence-electron chi connectivity index (χ3n) is 4.13. The molecule has 0 amide bonds. The molecule has 0 aromatic heterocycles. The van der Waals surface area contributed by atoms with Crippen molar-refractivity contribution in [1.82, 2.24) is 4.90 Å². The predicted molar refractivity (Wildman–Crippen MR) is 74.8 cm³/mol. The maximum atomic E-state index is 10.7. The van der Waals surface area contributed by atoms with Gasteiger partial charge >= 0.3 is 5.97 Å². The maximum absolute atomic E-state index is 10.7. The first-order valence-corrected chi connectivity index (χ1v) is 7.59. The second-order valence-electron chi connectivity index (χ2n) is 5.80. The molecule has 0 aliphatic carbocycles. The van der Waals surface area contributed by atoms with Gasteiger partial charge in [0.05, 0.1) is 0 Å². The Morgan fingerprint density at radius 2 is 2.06 bits per heavy atom. The lowest BCUT2D eigenvalue weighted by Gasteiger charge is -2.24. The van der Waals surface area contributed by atoms with Crippen LogP contribution in [0.3, 0.4) is 0 Å². The maximum Gasteiger partial charge on any atom is 0.303 e. The fourth-order valence-corrected chi connectivity index (χ4v) is 2.90. The summed E-state index contributed by atoms with van der Waals surface area (Å²) in [5.74, 6) is -0.265. The molecular formula is C15H29NO2. The van der Waals surface area contributed by atoms with E-state index in [1.165, 1.54) is 38.5 Å². The summed E-state index contributed by atoms with van der Waals surface area (Å²) in [6.45, 7) is 6.62. The van der Waals surface area contributed by atoms with Crippen molar-refractivity contribution in [1.29, 1.82) is 0 Å². The van der Waals surface area contributed by atoms with E-state index < -0.39 is 5.97 Å². The van der Waals surface area contributed by atoms with E-state index in [2.05, 4.69) is 18.7 Å². The monoisotopic (exact) mass is 255 g/mol. The van der Waals surface area contributed by atoms with Gasteiger partial charge < -0.3 is 10.0 Å². The average molecular weight is 255 g/mol. The Hall–Kier alpha value is -0.570. The van der Waals surface area contributed by atoms with Crippen LogP contribution in [0, 0.1) is 5.92 Å². The molecule has 1 N–H and O–H groups in total. The fourth-order valence-electron chi connectivity index (χ4n) is 2.90. The number of likely N-dealkylation sites (tertiary alicyclic amines) is 1. The van der Waals surface area contributed by atoms with Gasteiger partial charge in [-0.25, -0.2) is 0 Å². The Labute approximate surface area is 112 Å². The standard InChI is InChI=1S/C15H29NO2/c1-3-4-5-6-7-8-13(2)16-10-9-14(12-16)11-15(17)18/h13-14H,3-12H2,1-2H3,(H,17,18). The zero-order chi connectivity index (χ0) is 13.4. The van der Waals surface area contributed by atoms with Crippen LogP contribution >= 0.6 is 0 Å². The van der Waals surface area contributed by atoms with Gasteiger partial charge in [0.15, 0.2) is 0 Å². The summed E-state index contributed by atoms with van der Waals surface area (Å²) in [6, 6.07) is 0.630. The number of rotatable bonds is 9. The van der Waals surface area contributed by atoms with Crippen molar-refractivity contribution in [3.63, 3.8) is 0 Å². The summed E-state index contributed by atoms with van der Waals surface area (Å²) in [7, 11) is 0. The van der Waals surface area contributed by atoms with E-state index in [0.717, 1.165) is 19.5 Å². The molecule has 1 saturated heterocycles. The van der Waals surface area contributed by atoms with Gasteiger partial charge in [-0.05, 0) is 32.2 Å². The predicted octanol–water partition coefficient (Wildman–Crippen LogP) is 3.53. The van der Waals surface area contributed by atoms with E-state index in [-0.39, 0.29) is 0 Å². The smallest absolute Gasteiger partial charge is 0.303 e. The van der Waals surface area contributed by atoms with Gasteiger partial charge in [0.25, 0.3) is 0 Å². The average Bonchev–Trinajstić information content (AvgIpc) is 2.76. The lowest BCUT2D eigenvalue weighted by molar-refractivity contribution is -0.138. The van der Waals surface area contributed by atoms with Crippen molar-refractivity contribution < 1.29 is 9.90 Å². The second kappa shape index (κ2) is 8.52. The first-order valence-electron chi connectivity index (χ1n) is 7.59. The second-order valence-corrected chi connectivity index (χ2v) is 5.80. The van der Waals surface area contributed by atoms with Crippen LogP contribution in [0.25, 0.3) is 0 Å². The van der Waals surface area contributed by atoms with Gasteiger partial charge in [0.1, 0.15) is 0 Å². The van der Waals surface area contributed by atoms with E-state index in [1.54, 1.807) is 0 Å². The largest absolute Gasteiger partial charge is 0.481 e. The molecule has 0 aromatic carbocycles. The highest BCUT2D eigenvalue weighted by Gasteiger charge is 2.27. The van der Waals surface area contributed by atoms with Crippen molar-refractivity contribution in [3.05, 3.63) is 0 Å². The summed E-state index contributed by atoms with van der Waals surface area (Å²) in [5, 5.41) is 8.80. The molecule has 1 fully saturated rings. The number of carbonyl (C=O) groups is 1. The van der Waals surface area contributed by atoms with E-state index in [1.807, 2.05) is 0 Å². The topological polar surface area (TPSA) is 40.5 Å². The number of hydrogen-bond acceptors (Lipinski definition) is 2. The lowest BCUT2D eigenvalue weighted by atomic mass is 10.0. The number of carboxylic acid groups (broad SMARTS) is 1. The highest BCUT2D eigenvalue weighted by molar-refractivity contribution is 5.67. The van der Waals surface area contributed by atoms with Crippen LogP contribution in [0.2, 0.25) is 0 Å². The van der Waals surface area contributed by atoms with Crippen LogP contribution in [-0.4, -0.2) is 35.1 Å². The number of aliphatic carboxylic acids is 1. The van der Waals surface area contributed by atoms with Crippen LogP contribution in [0.4, 0.5) is 0 Å². The lowest BCUT2D eigenvalue weighted by Crippen LogP contribution is -2.31. The quantitative estimate of drug-likeness (QED) is 0.641. The molecule has 0 bridgehead atoms. The molecule has 1 rings (SSSR count). The molecule has 3 heteroatoms. The van der Waals surface area contributed by atoms with Gasteiger partial charge in [0.2, 0.25) is 0 Å². The zero-order valence-corrected chi connectivity index (χ0v) is 12.0. The normalized spacial score (nSPS) is 22.2. The van der Waals surface area contributed by atoms with Crippen molar-refractivity contribution in [2.45, 2.75) is 71.3 Å². The van der Waals surface area contributed by atoms with E-state index in [0.29, 0.717) is 18.4 Å². The van der Waals surface area contributed by atoms with Crippen LogP contribution in [-0.2, 0) is 4.79 Å². The van der Waals surface area contributed by atoms with E-state index in [4.69, 9.17) is 5.11 Å². The molecule has 0 spiro atoms. The van der Waals surface area contributed by atoms with Crippen molar-refractivity contribution in [2.75, 3.05) is 13.1 Å². The molecule has 0 radical (unpaired) electrons. The molecule has 1 aliphatic rings. The minimum atomic E-state index is -0.644. The Morgan fingerprint density at radius 1 is 1.33 bits per heavy atom. The van der Waals surface area contributed by atoms with Crippen LogP contribution in [0.15, 0.2) is 0 Å². The summed E-state index contributed by atoms with van der Waals surface area (Å²) >= 11 is 0. The number of carboxylic acids is 1. The van der Waals surface area contributed by atoms with Crippen LogP contribution < -0.4 is 0 Å². The number of unbranched alkanes of at least 4 members (excludes halogenated alkanes) is 4. The summed E-state index contributed by atoms with van der Waals surface area (Å²) in [5.41, 5.74) is 0. The summed E-state index contributed by atoms with van der Waals surface area (Å²) in [4.78, 5) is 13.2. The Bertz CT molecular complexity index is 243. The molecular weight excluding hydrogens is 226 g/mol. The van der Waals surface area contributed by atoms with Gasteiger partial charge in [0, 0.05) is 19.0 Å². The number of hydrogen-bond donors (Lipinski definition) is 1. The third kappa shape index (κ3) is 5.85. The molecule has 1 heterocycles. The molecule has 18 heavy (non-hydrogen) atoms. The fraction of sp³-hybridized carbons (Fsp3) is 0.933. The first kappa shape index (κ1) is 15.5. The highest BCUT2D eigenvalue weighted by atomic mass is 16.4. The molecule has 1 aliphatic heterocycles. The van der Waals surface area contributed by atoms with Gasteiger partial charge in [-0.2, -0.15) is 0 Å². The molecule has 3 nitrogen and oxygen atoms in total. The third-order valence-corrected chi connectivity index (χ3v) is 4.13. The zero-order valence-electron chi connectivity index (χ0n) is 12.0. The minimum Gasteiger partial charge on any atom is -0.481 e. The SMILES string of the molecule is CCCCCCCC(C)N1CCC(CC(=O)O)C1. The van der Waals surface area contributed by atoms with Gasteiger partial charge in [-0.15, -0.1) is 0 Å². The molecule has 0 saturated carbocycles. The Morgan fingerprint density at radius 3 is 2.72 bits per heavy atom. The van der Waals surface area contributed by atoms with Crippen molar-refractivity contribution in [2.24, 2.45) is 5.92 Å². The van der Waals surface area contributed by atoms with E-state index >= 15 is 0 Å². The molecule has 0 aromatic rings. The number of nitrogens with zero attached hydrogens (tertiary/aromatic N) is 1. The Balaban J connectivity index is 2.11. The van der Waals surface area contributed by atoms with Gasteiger partial charge in [-0.3, -0.25) is 4.79 Å². The Kier molecular flexibility index (Phi) is 7.33. The molecule has 2 atom stereocenters. The summed E-state index contributed by atoms with van der Waals surface area (Å²) in [6.07, 6.45) is 9.38. The van der Waals surface area contributed by atoms with Gasteiger partial charge in [-0.1, -0.05) is 39.0 Å². The minimum absolute atomic E-state index is 0.347. The first-order chi connectivity index (χ1) is 8.63. The molecule has 106 valence electrons. The van der Waals surface area contributed by atoms with Crippen LogP contribution in [0.5, 0.6) is 0 Å². The van der Waals surface area contributed by atoms with Crippen molar-refractivity contribution >= 4 is 5.97 Å². The molecule has 2 unspecified atom stereocenters. The van der Waals surface area contributed by atoms with E-state index in [9.17, 15) is 4.79 Å². The van der Waals surface area contributed by atoms with Crippen molar-refractivity contribution in [3.8, 4) is 0 Å². The van der Waals surface area contributed by atoms with Crippen LogP contribution in [0.1, 0.15) is 65.2 Å². The highest BCUT2D eigenvalue weighted by Crippen LogP contribution is 2.23. The summed E-state index contributed by atoms with van der Waals surface area (Å²) < 4.78 is 0.